The zero-order chi connectivity index (χ0) is 13.1. The Kier molecular flexibility index (Phi) is 3.98. The van der Waals surface area contributed by atoms with Gasteiger partial charge in [-0.05, 0) is 19.1 Å². The number of esters is 1. The summed E-state index contributed by atoms with van der Waals surface area (Å²) in [5.41, 5.74) is -1.65. The molecular formula is C11H11F3O3. The number of benzene rings is 1. The molecule has 0 amide bonds. The van der Waals surface area contributed by atoms with Crippen molar-refractivity contribution < 1.29 is 27.4 Å². The van der Waals surface area contributed by atoms with Crippen LogP contribution in [0.5, 0.6) is 5.75 Å². The summed E-state index contributed by atoms with van der Waals surface area (Å²) in [5, 5.41) is 0. The monoisotopic (exact) mass is 248 g/mol. The van der Waals surface area contributed by atoms with Gasteiger partial charge in [0.1, 0.15) is 11.3 Å². The largest absolute Gasteiger partial charge is 0.496 e. The van der Waals surface area contributed by atoms with Crippen molar-refractivity contribution in [2.24, 2.45) is 0 Å². The summed E-state index contributed by atoms with van der Waals surface area (Å²) in [6, 6.07) is 3.51. The van der Waals surface area contributed by atoms with E-state index in [1.54, 1.807) is 0 Å². The molecule has 0 radical (unpaired) electrons. The lowest BCUT2D eigenvalue weighted by Gasteiger charge is -2.15. The minimum absolute atomic E-state index is 0.00728. The van der Waals surface area contributed by atoms with E-state index in [1.807, 2.05) is 0 Å². The van der Waals surface area contributed by atoms with E-state index >= 15 is 0 Å². The van der Waals surface area contributed by atoms with E-state index in [9.17, 15) is 18.0 Å². The van der Waals surface area contributed by atoms with Gasteiger partial charge < -0.3 is 9.47 Å². The SMILES string of the molecule is CCOC(=O)c1cccc(OC)c1C(F)(F)F. The Morgan fingerprint density at radius 2 is 2.00 bits per heavy atom. The van der Waals surface area contributed by atoms with Crippen molar-refractivity contribution in [1.82, 2.24) is 0 Å². The quantitative estimate of drug-likeness (QED) is 0.771. The first-order valence-corrected chi connectivity index (χ1v) is 4.83. The summed E-state index contributed by atoms with van der Waals surface area (Å²) in [7, 11) is 1.11. The molecule has 0 bridgehead atoms. The van der Waals surface area contributed by atoms with Crippen molar-refractivity contribution >= 4 is 5.97 Å². The molecule has 1 rings (SSSR count). The molecule has 0 N–H and O–H groups in total. The summed E-state index contributed by atoms with van der Waals surface area (Å²) >= 11 is 0. The number of rotatable bonds is 3. The van der Waals surface area contributed by atoms with Crippen molar-refractivity contribution in [3.05, 3.63) is 29.3 Å². The van der Waals surface area contributed by atoms with E-state index in [0.29, 0.717) is 0 Å². The number of alkyl halides is 3. The molecule has 17 heavy (non-hydrogen) atoms. The maximum absolute atomic E-state index is 12.8. The second-order valence-corrected chi connectivity index (χ2v) is 3.10. The van der Waals surface area contributed by atoms with Gasteiger partial charge in [0, 0.05) is 0 Å². The fraction of sp³-hybridized carbons (Fsp3) is 0.364. The zero-order valence-electron chi connectivity index (χ0n) is 9.30. The van der Waals surface area contributed by atoms with E-state index in [4.69, 9.17) is 0 Å². The van der Waals surface area contributed by atoms with Gasteiger partial charge in [0.2, 0.25) is 0 Å². The van der Waals surface area contributed by atoms with E-state index in [-0.39, 0.29) is 6.61 Å². The Morgan fingerprint density at radius 3 is 2.47 bits per heavy atom. The van der Waals surface area contributed by atoms with Crippen LogP contribution >= 0.6 is 0 Å². The normalized spacial score (nSPS) is 11.1. The van der Waals surface area contributed by atoms with Crippen LogP contribution in [0.1, 0.15) is 22.8 Å². The van der Waals surface area contributed by atoms with Gasteiger partial charge in [0.05, 0.1) is 19.3 Å². The second kappa shape index (κ2) is 5.07. The summed E-state index contributed by atoms with van der Waals surface area (Å²) in [6.45, 7) is 1.53. The minimum Gasteiger partial charge on any atom is -0.496 e. The van der Waals surface area contributed by atoms with Gasteiger partial charge in [-0.3, -0.25) is 0 Å². The standard InChI is InChI=1S/C11H11F3O3/c1-3-17-10(15)7-5-4-6-8(16-2)9(7)11(12,13)14/h4-6H,3H2,1-2H3. The van der Waals surface area contributed by atoms with Gasteiger partial charge in [-0.15, -0.1) is 0 Å². The average Bonchev–Trinajstić information content (AvgIpc) is 2.27. The predicted molar refractivity (Wildman–Crippen MR) is 54.0 cm³/mol. The van der Waals surface area contributed by atoms with Gasteiger partial charge in [-0.1, -0.05) is 6.07 Å². The van der Waals surface area contributed by atoms with Crippen LogP contribution in [0.4, 0.5) is 13.2 Å². The van der Waals surface area contributed by atoms with Gasteiger partial charge in [-0.25, -0.2) is 4.79 Å². The van der Waals surface area contributed by atoms with Crippen molar-refractivity contribution in [1.29, 1.82) is 0 Å². The molecule has 0 aliphatic heterocycles. The highest BCUT2D eigenvalue weighted by Crippen LogP contribution is 2.38. The Morgan fingerprint density at radius 1 is 1.35 bits per heavy atom. The molecule has 0 aliphatic carbocycles. The first-order valence-electron chi connectivity index (χ1n) is 4.83. The number of ether oxygens (including phenoxy) is 2. The molecule has 0 atom stereocenters. The lowest BCUT2D eigenvalue weighted by atomic mass is 10.1. The van der Waals surface area contributed by atoms with Crippen LogP contribution in [0.3, 0.4) is 0 Å². The van der Waals surface area contributed by atoms with E-state index in [1.165, 1.54) is 13.0 Å². The number of carbonyl (C=O) groups excluding carboxylic acids is 1. The third-order valence-electron chi connectivity index (χ3n) is 2.02. The molecule has 0 saturated heterocycles. The Labute approximate surface area is 96.1 Å². The molecule has 0 saturated carbocycles. The Hall–Kier alpha value is -1.72. The molecule has 0 aliphatic rings. The molecule has 1 aromatic rings. The highest BCUT2D eigenvalue weighted by Gasteiger charge is 2.39. The van der Waals surface area contributed by atoms with Crippen molar-refractivity contribution in [3.63, 3.8) is 0 Å². The molecule has 94 valence electrons. The smallest absolute Gasteiger partial charge is 0.420 e. The van der Waals surface area contributed by atoms with Gasteiger partial charge in [-0.2, -0.15) is 13.2 Å². The zero-order valence-corrected chi connectivity index (χ0v) is 9.30. The van der Waals surface area contributed by atoms with Crippen LogP contribution in [-0.2, 0) is 10.9 Å². The Balaban J connectivity index is 3.35. The molecule has 0 heterocycles. The first kappa shape index (κ1) is 13.3. The van der Waals surface area contributed by atoms with Crippen LogP contribution in [0.15, 0.2) is 18.2 Å². The third kappa shape index (κ3) is 2.89. The predicted octanol–water partition coefficient (Wildman–Crippen LogP) is 2.89. The van der Waals surface area contributed by atoms with Crippen molar-refractivity contribution in [2.75, 3.05) is 13.7 Å². The highest BCUT2D eigenvalue weighted by molar-refractivity contribution is 5.92. The fourth-order valence-corrected chi connectivity index (χ4v) is 1.37. The molecular weight excluding hydrogens is 237 g/mol. The maximum atomic E-state index is 12.8. The topological polar surface area (TPSA) is 35.5 Å². The first-order chi connectivity index (χ1) is 7.91. The summed E-state index contributed by atoms with van der Waals surface area (Å²) in [4.78, 5) is 11.4. The van der Waals surface area contributed by atoms with Crippen LogP contribution in [0.25, 0.3) is 0 Å². The number of methoxy groups -OCH3 is 1. The number of halogens is 3. The number of carbonyl (C=O) groups is 1. The van der Waals surface area contributed by atoms with Crippen molar-refractivity contribution in [2.45, 2.75) is 13.1 Å². The average molecular weight is 248 g/mol. The lowest BCUT2D eigenvalue weighted by molar-refractivity contribution is -0.139. The van der Waals surface area contributed by atoms with Gasteiger partial charge >= 0.3 is 12.1 Å². The highest BCUT2D eigenvalue weighted by atomic mass is 19.4. The number of hydrogen-bond donors (Lipinski definition) is 0. The number of hydrogen-bond acceptors (Lipinski definition) is 3. The lowest BCUT2D eigenvalue weighted by Crippen LogP contribution is -2.16. The van der Waals surface area contributed by atoms with Gasteiger partial charge in [0.15, 0.2) is 0 Å². The third-order valence-corrected chi connectivity index (χ3v) is 2.02. The summed E-state index contributed by atoms with van der Waals surface area (Å²) < 4.78 is 47.6. The molecule has 1 aromatic carbocycles. The van der Waals surface area contributed by atoms with E-state index in [0.717, 1.165) is 19.2 Å². The summed E-state index contributed by atoms with van der Waals surface area (Å²) in [5.74, 6) is -1.42. The maximum Gasteiger partial charge on any atom is 0.420 e. The van der Waals surface area contributed by atoms with Crippen LogP contribution in [-0.4, -0.2) is 19.7 Å². The molecule has 0 spiro atoms. The van der Waals surface area contributed by atoms with Crippen molar-refractivity contribution in [3.8, 4) is 5.75 Å². The molecule has 0 unspecified atom stereocenters. The van der Waals surface area contributed by atoms with Crippen LogP contribution in [0.2, 0.25) is 0 Å². The van der Waals surface area contributed by atoms with Crippen LogP contribution in [0, 0.1) is 0 Å². The fourth-order valence-electron chi connectivity index (χ4n) is 1.37. The Bertz CT molecular complexity index is 413. The minimum atomic E-state index is -4.67. The molecule has 0 fully saturated rings. The van der Waals surface area contributed by atoms with E-state index in [2.05, 4.69) is 9.47 Å². The molecule has 3 nitrogen and oxygen atoms in total. The van der Waals surface area contributed by atoms with Crippen LogP contribution < -0.4 is 4.74 Å². The summed E-state index contributed by atoms with van der Waals surface area (Å²) in [6.07, 6.45) is -4.67. The second-order valence-electron chi connectivity index (χ2n) is 3.10. The van der Waals surface area contributed by atoms with Gasteiger partial charge in [0.25, 0.3) is 0 Å². The molecule has 6 heteroatoms. The van der Waals surface area contributed by atoms with E-state index < -0.39 is 29.0 Å². The molecule has 0 aromatic heterocycles.